The van der Waals surface area contributed by atoms with Crippen molar-refractivity contribution in [1.29, 1.82) is 0 Å². The Balaban J connectivity index is 1.43. The smallest absolute Gasteiger partial charge is 0.411 e. The maximum atomic E-state index is 12.0. The summed E-state index contributed by atoms with van der Waals surface area (Å²) in [6.07, 6.45) is 4.58. The fourth-order valence-electron chi connectivity index (χ4n) is 4.34. The molecule has 1 spiro atoms. The van der Waals surface area contributed by atoms with Crippen LogP contribution in [-0.2, 0) is 4.74 Å². The summed E-state index contributed by atoms with van der Waals surface area (Å²) in [6, 6.07) is 13.9. The van der Waals surface area contributed by atoms with E-state index in [1.807, 2.05) is 12.1 Å². The highest BCUT2D eigenvalue weighted by Crippen LogP contribution is 2.41. The fourth-order valence-corrected chi connectivity index (χ4v) is 4.84. The first-order valence-corrected chi connectivity index (χ1v) is 11.4. The SMILES string of the molecule is O=C(Nc1ccc(Cl)cc1)OCCN=C1NC(=S)N(c2cccc(O)c2)C12CCCCC2. The molecule has 9 heteroatoms. The number of hydrogen-bond donors (Lipinski definition) is 3. The first-order chi connectivity index (χ1) is 15.5. The quantitative estimate of drug-likeness (QED) is 0.415. The van der Waals surface area contributed by atoms with Crippen LogP contribution in [0.3, 0.4) is 0 Å². The third kappa shape index (κ3) is 4.81. The van der Waals surface area contributed by atoms with E-state index in [-0.39, 0.29) is 17.9 Å². The number of benzene rings is 2. The fraction of sp³-hybridized carbons (Fsp3) is 0.348. The van der Waals surface area contributed by atoms with Crippen LogP contribution in [-0.4, -0.2) is 40.8 Å². The number of anilines is 2. The molecule has 2 aliphatic rings. The van der Waals surface area contributed by atoms with Crippen molar-refractivity contribution in [3.63, 3.8) is 0 Å². The first kappa shape index (κ1) is 22.4. The molecule has 1 saturated heterocycles. The summed E-state index contributed by atoms with van der Waals surface area (Å²) < 4.78 is 5.27. The number of rotatable bonds is 5. The molecule has 7 nitrogen and oxygen atoms in total. The van der Waals surface area contributed by atoms with E-state index in [1.165, 1.54) is 6.42 Å². The Morgan fingerprint density at radius 2 is 1.97 bits per heavy atom. The Bertz CT molecular complexity index is 1020. The lowest BCUT2D eigenvalue weighted by atomic mass is 9.80. The van der Waals surface area contributed by atoms with Gasteiger partial charge in [0.05, 0.1) is 6.54 Å². The summed E-state index contributed by atoms with van der Waals surface area (Å²) in [6.45, 7) is 0.453. The molecule has 1 saturated carbocycles. The zero-order valence-corrected chi connectivity index (χ0v) is 19.1. The number of ether oxygens (including phenoxy) is 1. The van der Waals surface area contributed by atoms with Crippen LogP contribution < -0.4 is 15.5 Å². The summed E-state index contributed by atoms with van der Waals surface area (Å²) in [7, 11) is 0. The van der Waals surface area contributed by atoms with Crippen LogP contribution in [0.25, 0.3) is 0 Å². The molecule has 0 radical (unpaired) electrons. The lowest BCUT2D eigenvalue weighted by Crippen LogP contribution is -2.51. The predicted octanol–water partition coefficient (Wildman–Crippen LogP) is 5.09. The molecular formula is C23H25ClN4O3S. The lowest BCUT2D eigenvalue weighted by molar-refractivity contribution is 0.165. The second kappa shape index (κ2) is 9.75. The highest BCUT2D eigenvalue weighted by Gasteiger charge is 2.50. The minimum Gasteiger partial charge on any atom is -0.508 e. The third-order valence-electron chi connectivity index (χ3n) is 5.75. The monoisotopic (exact) mass is 472 g/mol. The number of phenols is 1. The Morgan fingerprint density at radius 1 is 1.22 bits per heavy atom. The number of halogens is 1. The van der Waals surface area contributed by atoms with Gasteiger partial charge in [0.15, 0.2) is 5.11 Å². The van der Waals surface area contributed by atoms with Crippen LogP contribution in [0.15, 0.2) is 53.5 Å². The molecule has 1 heterocycles. The van der Waals surface area contributed by atoms with Crippen LogP contribution >= 0.6 is 23.8 Å². The van der Waals surface area contributed by atoms with E-state index in [0.29, 0.717) is 22.4 Å². The van der Waals surface area contributed by atoms with Gasteiger partial charge in [-0.1, -0.05) is 36.9 Å². The van der Waals surface area contributed by atoms with Crippen molar-refractivity contribution in [3.05, 3.63) is 53.6 Å². The van der Waals surface area contributed by atoms with Gasteiger partial charge in [0.2, 0.25) is 0 Å². The number of aromatic hydroxyl groups is 1. The zero-order chi connectivity index (χ0) is 22.6. The van der Waals surface area contributed by atoms with E-state index in [9.17, 15) is 9.90 Å². The topological polar surface area (TPSA) is 86.2 Å². The van der Waals surface area contributed by atoms with Gasteiger partial charge in [0.1, 0.15) is 23.7 Å². The van der Waals surface area contributed by atoms with Gasteiger partial charge in [-0.2, -0.15) is 0 Å². The molecule has 1 aliphatic carbocycles. The number of hydrogen-bond acceptors (Lipinski definition) is 5. The third-order valence-corrected chi connectivity index (χ3v) is 6.29. The average Bonchev–Trinajstić information content (AvgIpc) is 3.03. The minimum absolute atomic E-state index is 0.138. The van der Waals surface area contributed by atoms with Crippen LogP contribution in [0, 0.1) is 0 Å². The van der Waals surface area contributed by atoms with Crippen LogP contribution in [0.1, 0.15) is 32.1 Å². The number of aliphatic imine (C=N–C) groups is 1. The number of amides is 1. The number of phenolic OH excluding ortho intramolecular Hbond substituents is 1. The Kier molecular flexibility index (Phi) is 6.81. The van der Waals surface area contributed by atoms with Gasteiger partial charge in [0.25, 0.3) is 0 Å². The summed E-state index contributed by atoms with van der Waals surface area (Å²) in [5, 5.41) is 17.1. The number of thiocarbonyl (C=S) groups is 1. The van der Waals surface area contributed by atoms with Gasteiger partial charge in [-0.15, -0.1) is 0 Å². The molecule has 0 atom stereocenters. The minimum atomic E-state index is -0.545. The maximum absolute atomic E-state index is 12.0. The van der Waals surface area contributed by atoms with Crippen molar-refractivity contribution in [2.75, 3.05) is 23.4 Å². The molecule has 3 N–H and O–H groups in total. The predicted molar refractivity (Wildman–Crippen MR) is 131 cm³/mol. The van der Waals surface area contributed by atoms with Crippen LogP contribution in [0.2, 0.25) is 5.02 Å². The second-order valence-corrected chi connectivity index (χ2v) is 8.70. The van der Waals surface area contributed by atoms with Gasteiger partial charge >= 0.3 is 6.09 Å². The first-order valence-electron chi connectivity index (χ1n) is 10.6. The van der Waals surface area contributed by atoms with Crippen LogP contribution in [0.5, 0.6) is 5.75 Å². The van der Waals surface area contributed by atoms with Crippen LogP contribution in [0.4, 0.5) is 16.2 Å². The summed E-state index contributed by atoms with van der Waals surface area (Å²) >= 11 is 11.5. The van der Waals surface area contributed by atoms with Crippen molar-refractivity contribution < 1.29 is 14.6 Å². The molecule has 0 unspecified atom stereocenters. The summed E-state index contributed by atoms with van der Waals surface area (Å²) in [5.74, 6) is 0.994. The Hall–Kier alpha value is -2.84. The highest BCUT2D eigenvalue weighted by molar-refractivity contribution is 7.80. The van der Waals surface area contributed by atoms with E-state index in [1.54, 1.807) is 36.4 Å². The molecule has 0 aromatic heterocycles. The van der Waals surface area contributed by atoms with E-state index >= 15 is 0 Å². The van der Waals surface area contributed by atoms with Crippen molar-refractivity contribution in [2.45, 2.75) is 37.6 Å². The average molecular weight is 473 g/mol. The molecule has 2 aromatic rings. The molecule has 1 aliphatic heterocycles. The Morgan fingerprint density at radius 3 is 2.69 bits per heavy atom. The van der Waals surface area contributed by atoms with Gasteiger partial charge in [-0.25, -0.2) is 4.79 Å². The molecule has 1 amide bonds. The highest BCUT2D eigenvalue weighted by atomic mass is 35.5. The van der Waals surface area contributed by atoms with Gasteiger partial charge < -0.3 is 20.1 Å². The number of carbonyl (C=O) groups is 1. The van der Waals surface area contributed by atoms with Crippen molar-refractivity contribution in [1.82, 2.24) is 5.32 Å². The molecule has 0 bridgehead atoms. The molecule has 2 aromatic carbocycles. The van der Waals surface area contributed by atoms with Gasteiger partial charge in [-0.3, -0.25) is 10.3 Å². The Labute approximate surface area is 197 Å². The lowest BCUT2D eigenvalue weighted by Gasteiger charge is -2.40. The van der Waals surface area contributed by atoms with Gasteiger partial charge in [0, 0.05) is 22.5 Å². The number of nitrogens with zero attached hydrogens (tertiary/aromatic N) is 2. The normalized spacial score (nSPS) is 18.6. The number of nitrogens with one attached hydrogen (secondary N) is 2. The molecule has 4 rings (SSSR count). The van der Waals surface area contributed by atoms with Crippen molar-refractivity contribution in [2.24, 2.45) is 4.99 Å². The van der Waals surface area contributed by atoms with E-state index in [2.05, 4.69) is 15.5 Å². The molecule has 168 valence electrons. The van der Waals surface area contributed by atoms with E-state index in [4.69, 9.17) is 33.5 Å². The molecular weight excluding hydrogens is 448 g/mol. The maximum Gasteiger partial charge on any atom is 0.411 e. The van der Waals surface area contributed by atoms with Gasteiger partial charge in [-0.05, 0) is 61.5 Å². The van der Waals surface area contributed by atoms with Crippen molar-refractivity contribution in [3.8, 4) is 5.75 Å². The number of amidine groups is 1. The number of carbonyl (C=O) groups excluding carboxylic acids is 1. The van der Waals surface area contributed by atoms with E-state index < -0.39 is 6.09 Å². The van der Waals surface area contributed by atoms with E-state index in [0.717, 1.165) is 37.2 Å². The summed E-state index contributed by atoms with van der Waals surface area (Å²) in [4.78, 5) is 18.8. The largest absolute Gasteiger partial charge is 0.508 e. The second-order valence-electron chi connectivity index (χ2n) is 7.88. The standard InChI is InChI=1S/C23H25ClN4O3S/c24-16-7-9-17(10-8-16)26-22(30)31-14-13-25-20-23(11-2-1-3-12-23)28(21(32)27-20)18-5-4-6-19(29)15-18/h4-10,15,29H,1-3,11-14H2,(H,26,30)(H,25,27,32). The zero-order valence-electron chi connectivity index (χ0n) is 17.5. The molecule has 32 heavy (non-hydrogen) atoms. The van der Waals surface area contributed by atoms with Crippen molar-refractivity contribution >= 4 is 52.2 Å². The summed E-state index contributed by atoms with van der Waals surface area (Å²) in [5.41, 5.74) is 1.08. The molecule has 2 fully saturated rings.